The molecule has 10 rings (SSSR count). The van der Waals surface area contributed by atoms with Crippen LogP contribution in [0.15, 0.2) is 188 Å². The summed E-state index contributed by atoms with van der Waals surface area (Å²) in [4.78, 5) is 2.59. The summed E-state index contributed by atoms with van der Waals surface area (Å²) in [6.07, 6.45) is 4.82. The van der Waals surface area contributed by atoms with Gasteiger partial charge in [0, 0.05) is 33.9 Å². The Morgan fingerprint density at radius 3 is 1.84 bits per heavy atom. The molecule has 2 aliphatic rings. The van der Waals surface area contributed by atoms with E-state index >= 15 is 0 Å². The SMILES string of the molecule is C1=CC2C(c3ccccc3N2c2ccccc2-c2ccc(-c3ccccc3)cc2)c2c1n(-c1cccc(-c3ccccc3)c1)c1ccccc21. The molecule has 2 heterocycles. The summed E-state index contributed by atoms with van der Waals surface area (Å²) < 4.78 is 2.47. The lowest BCUT2D eigenvalue weighted by Gasteiger charge is -2.32. The standard InChI is InChI=1S/C48H34N2/c1-3-14-33(15-4-1)35-26-28-36(29-27-35)39-20-7-10-23-42(39)50-44-25-12-9-22-41(44)48-46(50)31-30-45-47(48)40-21-8-11-24-43(40)49(45)38-19-13-18-37(32-38)34-16-5-2-6-17-34/h1-32,46,48H. The molecule has 0 radical (unpaired) electrons. The van der Waals surface area contributed by atoms with Crippen LogP contribution in [0.25, 0.3) is 56.0 Å². The number of fused-ring (bicyclic) bond motifs is 7. The summed E-state index contributed by atoms with van der Waals surface area (Å²) in [5.74, 6) is 0.183. The number of nitrogens with zero attached hydrogens (tertiary/aromatic N) is 2. The molecule has 0 N–H and O–H groups in total. The van der Waals surface area contributed by atoms with Crippen LogP contribution in [0.4, 0.5) is 11.4 Å². The smallest absolute Gasteiger partial charge is 0.0637 e. The number of para-hydroxylation sites is 3. The first-order valence-electron chi connectivity index (χ1n) is 17.4. The van der Waals surface area contributed by atoms with Gasteiger partial charge >= 0.3 is 0 Å². The molecule has 0 spiro atoms. The minimum atomic E-state index is 0.138. The molecular formula is C48H34N2. The highest BCUT2D eigenvalue weighted by molar-refractivity contribution is 5.95. The quantitative estimate of drug-likeness (QED) is 0.182. The van der Waals surface area contributed by atoms with Gasteiger partial charge in [0.1, 0.15) is 0 Å². The van der Waals surface area contributed by atoms with Gasteiger partial charge in [-0.1, -0.05) is 158 Å². The van der Waals surface area contributed by atoms with E-state index in [1.165, 1.54) is 78.2 Å². The van der Waals surface area contributed by atoms with Crippen molar-refractivity contribution in [2.75, 3.05) is 4.90 Å². The van der Waals surface area contributed by atoms with Crippen molar-refractivity contribution >= 4 is 28.4 Å². The van der Waals surface area contributed by atoms with Crippen LogP contribution in [0, 0.1) is 0 Å². The van der Waals surface area contributed by atoms with Crippen molar-refractivity contribution in [3.63, 3.8) is 0 Å². The molecule has 1 aliphatic heterocycles. The molecule has 0 saturated carbocycles. The van der Waals surface area contributed by atoms with Crippen LogP contribution < -0.4 is 4.90 Å². The van der Waals surface area contributed by atoms with Gasteiger partial charge in [0.2, 0.25) is 0 Å². The third kappa shape index (κ3) is 4.49. The number of hydrogen-bond acceptors (Lipinski definition) is 1. The lowest BCUT2D eigenvalue weighted by atomic mass is 9.82. The van der Waals surface area contributed by atoms with E-state index in [9.17, 15) is 0 Å². The molecule has 8 aromatic rings. The van der Waals surface area contributed by atoms with Gasteiger partial charge in [0.25, 0.3) is 0 Å². The third-order valence-electron chi connectivity index (χ3n) is 10.6. The molecule has 2 nitrogen and oxygen atoms in total. The van der Waals surface area contributed by atoms with E-state index in [2.05, 4.69) is 204 Å². The fourth-order valence-corrected chi connectivity index (χ4v) is 8.38. The van der Waals surface area contributed by atoms with Crippen LogP contribution in [0.2, 0.25) is 0 Å². The Morgan fingerprint density at radius 2 is 1.04 bits per heavy atom. The van der Waals surface area contributed by atoms with Crippen LogP contribution in [0.5, 0.6) is 0 Å². The summed E-state index contributed by atoms with van der Waals surface area (Å²) >= 11 is 0. The second-order valence-corrected chi connectivity index (χ2v) is 13.3. The Labute approximate surface area is 292 Å². The fraction of sp³-hybridized carbons (Fsp3) is 0.0417. The molecule has 0 amide bonds. The molecule has 0 saturated heterocycles. The highest BCUT2D eigenvalue weighted by Gasteiger charge is 2.43. The van der Waals surface area contributed by atoms with E-state index in [0.29, 0.717) is 0 Å². The van der Waals surface area contributed by atoms with Gasteiger partial charge in [0.05, 0.1) is 17.3 Å². The Kier molecular flexibility index (Phi) is 6.67. The number of anilines is 2. The van der Waals surface area contributed by atoms with Gasteiger partial charge in [-0.3, -0.25) is 0 Å². The largest absolute Gasteiger partial charge is 0.333 e. The zero-order valence-electron chi connectivity index (χ0n) is 27.5. The van der Waals surface area contributed by atoms with Crippen LogP contribution in [-0.2, 0) is 0 Å². The minimum absolute atomic E-state index is 0.138. The van der Waals surface area contributed by atoms with Gasteiger partial charge in [0.15, 0.2) is 0 Å². The number of hydrogen-bond donors (Lipinski definition) is 0. The molecule has 236 valence electrons. The van der Waals surface area contributed by atoms with Crippen LogP contribution >= 0.6 is 0 Å². The predicted molar refractivity (Wildman–Crippen MR) is 209 cm³/mol. The van der Waals surface area contributed by atoms with Gasteiger partial charge in [-0.05, 0) is 75.4 Å². The average Bonchev–Trinajstić information content (AvgIpc) is 3.71. The van der Waals surface area contributed by atoms with E-state index in [1.807, 2.05) is 0 Å². The normalized spacial score (nSPS) is 15.9. The monoisotopic (exact) mass is 638 g/mol. The number of benzene rings is 7. The van der Waals surface area contributed by atoms with Crippen molar-refractivity contribution in [2.45, 2.75) is 12.0 Å². The van der Waals surface area contributed by atoms with Crippen molar-refractivity contribution in [1.82, 2.24) is 4.57 Å². The summed E-state index contributed by atoms with van der Waals surface area (Å²) in [6, 6.07) is 66.3. The van der Waals surface area contributed by atoms with E-state index in [4.69, 9.17) is 0 Å². The summed E-state index contributed by atoms with van der Waals surface area (Å²) in [5, 5.41) is 1.31. The Bertz CT molecular complexity index is 2540. The summed E-state index contributed by atoms with van der Waals surface area (Å²) in [7, 11) is 0. The summed E-state index contributed by atoms with van der Waals surface area (Å²) in [6.45, 7) is 0. The van der Waals surface area contributed by atoms with Crippen LogP contribution in [0.1, 0.15) is 22.7 Å². The second kappa shape index (κ2) is 11.6. The van der Waals surface area contributed by atoms with Gasteiger partial charge in [-0.15, -0.1) is 0 Å². The molecule has 0 bridgehead atoms. The second-order valence-electron chi connectivity index (χ2n) is 13.3. The first kappa shape index (κ1) is 28.6. The predicted octanol–water partition coefficient (Wildman–Crippen LogP) is 12.3. The summed E-state index contributed by atoms with van der Waals surface area (Å²) in [5.41, 5.74) is 16.3. The zero-order chi connectivity index (χ0) is 33.0. The number of rotatable bonds is 5. The Balaban J connectivity index is 1.12. The molecule has 7 aromatic carbocycles. The van der Waals surface area contributed by atoms with E-state index < -0.39 is 0 Å². The van der Waals surface area contributed by atoms with Crippen molar-refractivity contribution in [3.05, 3.63) is 205 Å². The van der Waals surface area contributed by atoms with E-state index in [1.54, 1.807) is 0 Å². The van der Waals surface area contributed by atoms with Crippen molar-refractivity contribution in [2.24, 2.45) is 0 Å². The lowest BCUT2D eigenvalue weighted by molar-refractivity contribution is 0.726. The minimum Gasteiger partial charge on any atom is -0.333 e. The molecular weight excluding hydrogens is 605 g/mol. The van der Waals surface area contributed by atoms with Crippen molar-refractivity contribution < 1.29 is 0 Å². The first-order chi connectivity index (χ1) is 24.8. The van der Waals surface area contributed by atoms with Crippen LogP contribution in [0.3, 0.4) is 0 Å². The maximum Gasteiger partial charge on any atom is 0.0637 e. The first-order valence-corrected chi connectivity index (χ1v) is 17.4. The molecule has 50 heavy (non-hydrogen) atoms. The maximum atomic E-state index is 2.59. The van der Waals surface area contributed by atoms with E-state index in [-0.39, 0.29) is 12.0 Å². The topological polar surface area (TPSA) is 8.17 Å². The fourth-order valence-electron chi connectivity index (χ4n) is 8.38. The number of aromatic nitrogens is 1. The lowest BCUT2D eigenvalue weighted by Crippen LogP contribution is -2.31. The van der Waals surface area contributed by atoms with E-state index in [0.717, 1.165) is 0 Å². The Morgan fingerprint density at radius 1 is 0.440 bits per heavy atom. The van der Waals surface area contributed by atoms with Gasteiger partial charge in [-0.2, -0.15) is 0 Å². The highest BCUT2D eigenvalue weighted by atomic mass is 15.2. The average molecular weight is 639 g/mol. The molecule has 0 fully saturated rings. The maximum absolute atomic E-state index is 2.59. The van der Waals surface area contributed by atoms with Crippen molar-refractivity contribution in [1.29, 1.82) is 0 Å². The van der Waals surface area contributed by atoms with Crippen LogP contribution in [-0.4, -0.2) is 10.6 Å². The molecule has 2 atom stereocenters. The van der Waals surface area contributed by atoms with Gasteiger partial charge < -0.3 is 9.47 Å². The highest BCUT2D eigenvalue weighted by Crippen LogP contribution is 2.55. The van der Waals surface area contributed by atoms with Crippen molar-refractivity contribution in [3.8, 4) is 39.1 Å². The molecule has 1 aliphatic carbocycles. The molecule has 1 aromatic heterocycles. The van der Waals surface area contributed by atoms with Gasteiger partial charge in [-0.25, -0.2) is 0 Å². The zero-order valence-corrected chi connectivity index (χ0v) is 27.5. The third-order valence-corrected chi connectivity index (χ3v) is 10.6. The Hall–Kier alpha value is -6.38. The molecule has 2 unspecified atom stereocenters. The molecule has 2 heteroatoms.